The van der Waals surface area contributed by atoms with Gasteiger partial charge in [-0.3, -0.25) is 0 Å². The minimum Gasteiger partial charge on any atom is -1.00 e. The van der Waals surface area contributed by atoms with Gasteiger partial charge < -0.3 is 24.8 Å². The summed E-state index contributed by atoms with van der Waals surface area (Å²) in [5.41, 5.74) is 18.9. The van der Waals surface area contributed by atoms with Gasteiger partial charge in [0, 0.05) is 0 Å². The van der Waals surface area contributed by atoms with E-state index in [9.17, 15) is 0 Å². The zero-order chi connectivity index (χ0) is 38.5. The Hall–Kier alpha value is -4.01. The molecule has 0 unspecified atom stereocenters. The maximum Gasteiger partial charge on any atom is -0.172 e. The first-order valence-electron chi connectivity index (χ1n) is 19.1. The minimum absolute atomic E-state index is 0. The predicted octanol–water partition coefficient (Wildman–Crippen LogP) is 7.82. The molecule has 0 aromatic heterocycles. The van der Waals surface area contributed by atoms with Crippen molar-refractivity contribution < 1.29 is 48.7 Å². The largest absolute Gasteiger partial charge is 1.00 e. The van der Waals surface area contributed by atoms with E-state index in [2.05, 4.69) is 189 Å². The van der Waals surface area contributed by atoms with E-state index in [1.165, 1.54) is 81.1 Å². The van der Waals surface area contributed by atoms with E-state index < -0.39 is 0 Å². The van der Waals surface area contributed by atoms with E-state index in [1.807, 2.05) is 30.3 Å². The molecular weight excluding hydrogens is 886 g/mol. The second-order valence-electron chi connectivity index (χ2n) is 16.5. The summed E-state index contributed by atoms with van der Waals surface area (Å²) in [6.45, 7) is 18.1. The molecule has 0 spiro atoms. The van der Waals surface area contributed by atoms with Crippen LogP contribution in [0.1, 0.15) is 86.1 Å². The molecule has 0 radical (unpaired) electrons. The molecule has 8 rings (SSSR count). The minimum atomic E-state index is 0. The molecule has 7 aromatic rings. The van der Waals surface area contributed by atoms with E-state index >= 15 is 0 Å². The Morgan fingerprint density at radius 2 is 1.00 bits per heavy atom. The van der Waals surface area contributed by atoms with Crippen LogP contribution in [0.15, 0.2) is 158 Å². The van der Waals surface area contributed by atoms with Crippen molar-refractivity contribution in [2.24, 2.45) is 0 Å². The summed E-state index contributed by atoms with van der Waals surface area (Å²) in [7, 11) is 0. The number of fused-ring (bicyclic) bond motifs is 3. The van der Waals surface area contributed by atoms with Gasteiger partial charge in [0.2, 0.25) is 0 Å². The van der Waals surface area contributed by atoms with Gasteiger partial charge in [-0.05, 0) is 39.5 Å². The monoisotopic (exact) mass is 938 g/mol. The summed E-state index contributed by atoms with van der Waals surface area (Å²) in [6, 6.07) is 60.4. The summed E-state index contributed by atoms with van der Waals surface area (Å²) in [5, 5.41) is 0. The normalized spacial score (nSPS) is 11.3. The van der Waals surface area contributed by atoms with Crippen LogP contribution in [0.3, 0.4) is 0 Å². The van der Waals surface area contributed by atoms with E-state index in [1.54, 1.807) is 0 Å². The first kappa shape index (κ1) is 44.7. The zero-order valence-corrected chi connectivity index (χ0v) is 39.1. The molecule has 0 nitrogen and oxygen atoms in total. The molecule has 0 amide bonds. The molecular formula is C53H52Cl2Hf-2. The van der Waals surface area contributed by atoms with Gasteiger partial charge in [-0.15, -0.1) is 28.8 Å². The molecule has 0 heterocycles. The Balaban J connectivity index is 0.000000252. The quantitative estimate of drug-likeness (QED) is 0.125. The van der Waals surface area contributed by atoms with Crippen molar-refractivity contribution in [3.05, 3.63) is 208 Å². The Morgan fingerprint density at radius 1 is 0.536 bits per heavy atom. The van der Waals surface area contributed by atoms with Crippen LogP contribution in [-0.2, 0) is 41.1 Å². The number of aryl methyl sites for hydroxylation is 2. The third kappa shape index (κ3) is 10.9. The van der Waals surface area contributed by atoms with Gasteiger partial charge in [-0.1, -0.05) is 131 Å². The smallest absolute Gasteiger partial charge is 0.172 e. The molecule has 284 valence electrons. The fourth-order valence-corrected chi connectivity index (χ4v) is 8.23. The Morgan fingerprint density at radius 3 is 1.45 bits per heavy atom. The number of rotatable bonds is 4. The Bertz CT molecular complexity index is 2130. The third-order valence-corrected chi connectivity index (χ3v) is 12.1. The van der Waals surface area contributed by atoms with Crippen molar-refractivity contribution in [3.63, 3.8) is 0 Å². The summed E-state index contributed by atoms with van der Waals surface area (Å²) in [5.74, 6) is 0. The van der Waals surface area contributed by atoms with Gasteiger partial charge >= 0.3 is 112 Å². The number of hydrogen-bond acceptors (Lipinski definition) is 0. The fourth-order valence-electron chi connectivity index (χ4n) is 7.03. The van der Waals surface area contributed by atoms with E-state index in [4.69, 9.17) is 0 Å². The average Bonchev–Trinajstić information content (AvgIpc) is 3.86. The van der Waals surface area contributed by atoms with Crippen molar-refractivity contribution in [1.29, 1.82) is 0 Å². The number of halogens is 2. The van der Waals surface area contributed by atoms with Crippen LogP contribution in [0.2, 0.25) is 0 Å². The Kier molecular flexibility index (Phi) is 15.5. The van der Waals surface area contributed by atoms with Crippen molar-refractivity contribution >= 4 is 3.26 Å². The van der Waals surface area contributed by atoms with Gasteiger partial charge in [0.05, 0.1) is 0 Å². The number of hydrogen-bond donors (Lipinski definition) is 0. The molecule has 0 saturated carbocycles. The van der Waals surface area contributed by atoms with Crippen LogP contribution in [0, 0.1) is 19.9 Å². The average molecular weight is 938 g/mol. The van der Waals surface area contributed by atoms with Gasteiger partial charge in [-0.2, -0.15) is 18.2 Å². The van der Waals surface area contributed by atoms with Gasteiger partial charge in [0.15, 0.2) is 0 Å². The molecule has 7 aromatic carbocycles. The molecule has 3 heteroatoms. The Labute approximate surface area is 363 Å². The predicted molar refractivity (Wildman–Crippen MR) is 229 cm³/mol. The van der Waals surface area contributed by atoms with Crippen LogP contribution >= 0.6 is 0 Å². The van der Waals surface area contributed by atoms with Crippen molar-refractivity contribution in [2.75, 3.05) is 0 Å². The summed E-state index contributed by atoms with van der Waals surface area (Å²) >= 11 is 1.08. The van der Waals surface area contributed by atoms with Crippen LogP contribution in [0.4, 0.5) is 0 Å². The molecule has 0 aliphatic heterocycles. The topological polar surface area (TPSA) is 0 Å². The molecule has 1 aliphatic carbocycles. The van der Waals surface area contributed by atoms with E-state index in [0.717, 1.165) is 30.3 Å². The molecule has 1 aliphatic rings. The van der Waals surface area contributed by atoms with Crippen molar-refractivity contribution in [2.45, 2.75) is 72.6 Å². The maximum atomic E-state index is 3.88. The van der Waals surface area contributed by atoms with Crippen LogP contribution < -0.4 is 24.8 Å². The second-order valence-corrected chi connectivity index (χ2v) is 18.3. The molecule has 0 N–H and O–H groups in total. The SMILES string of the molecule is CC(C)(C)c1cc2c([c-]c1-c1ccccc1)Cc1cc(-c3ccccc3)c(C(C)(C)C)cc1-2.Cc1ccc([C](=[Hf+2])c2ccc(C)cc2)cc1.[Cl-].[Cl-].c1cc[cH-]c1. The van der Waals surface area contributed by atoms with Crippen LogP contribution in [0.5, 0.6) is 0 Å². The van der Waals surface area contributed by atoms with E-state index in [-0.39, 0.29) is 35.6 Å². The maximum absolute atomic E-state index is 3.88. The molecule has 0 fully saturated rings. The summed E-state index contributed by atoms with van der Waals surface area (Å²) in [6.07, 6.45) is 0.944. The van der Waals surface area contributed by atoms with Crippen molar-refractivity contribution in [3.8, 4) is 33.4 Å². The van der Waals surface area contributed by atoms with Gasteiger partial charge in [0.1, 0.15) is 0 Å². The van der Waals surface area contributed by atoms with Crippen LogP contribution in [0.25, 0.3) is 33.4 Å². The second kappa shape index (κ2) is 19.4. The van der Waals surface area contributed by atoms with E-state index in [0.29, 0.717) is 0 Å². The first-order chi connectivity index (χ1) is 25.8. The van der Waals surface area contributed by atoms with Gasteiger partial charge in [0.25, 0.3) is 0 Å². The van der Waals surface area contributed by atoms with Gasteiger partial charge in [-0.25, -0.2) is 12.1 Å². The third-order valence-electron chi connectivity index (χ3n) is 10.1. The molecule has 56 heavy (non-hydrogen) atoms. The molecule has 0 bridgehead atoms. The van der Waals surface area contributed by atoms with Crippen LogP contribution in [-0.4, -0.2) is 3.26 Å². The number of benzene rings is 6. The summed E-state index contributed by atoms with van der Waals surface area (Å²) in [4.78, 5) is 0. The fraction of sp³-hybridized carbons (Fsp3) is 0.208. The first-order valence-corrected chi connectivity index (χ1v) is 20.9. The zero-order valence-electron chi connectivity index (χ0n) is 34.0. The summed E-state index contributed by atoms with van der Waals surface area (Å²) < 4.78 is 1.47. The molecule has 0 saturated heterocycles. The molecule has 0 atom stereocenters. The standard InChI is InChI=1S/C33H33.C15H14.C5H5.2ClH.Hf/c1-32(2,3)30-20-26-24(18-28(30)22-13-9-7-10-14-22)17-25-19-29(23-15-11-8-12-16-23)31(21-27(25)26)33(4,5)6;1-12-3-7-14(8-4-12)11-15-9-5-13(2)6-10-15;1-2-4-5-3-1;;;/h7-16,18,20-21H,17H2,1-6H3;3-10H,1-2H3;1-5H;2*1H;/q-1;;-1;;;+2/p-2. The van der Waals surface area contributed by atoms with Crippen molar-refractivity contribution in [1.82, 2.24) is 0 Å².